The zero-order chi connectivity index (χ0) is 19.4. The first-order valence-corrected chi connectivity index (χ1v) is 8.06. The summed E-state index contributed by atoms with van der Waals surface area (Å²) in [5, 5.41) is 21.0. The average Bonchev–Trinajstić information content (AvgIpc) is 3.08. The van der Waals surface area contributed by atoms with Gasteiger partial charge in [-0.3, -0.25) is 20.2 Å². The molecular formula is C19H16N4O4. The third-order valence-electron chi connectivity index (χ3n) is 3.63. The largest absolute Gasteiger partial charge is 0.403 e. The van der Waals surface area contributed by atoms with E-state index < -0.39 is 10.8 Å². The van der Waals surface area contributed by atoms with E-state index in [1.54, 1.807) is 12.1 Å². The van der Waals surface area contributed by atoms with Crippen molar-refractivity contribution in [3.63, 3.8) is 0 Å². The highest BCUT2D eigenvalue weighted by molar-refractivity contribution is 6.00. The van der Waals surface area contributed by atoms with Crippen LogP contribution in [-0.4, -0.2) is 21.0 Å². The number of anilines is 1. The molecule has 1 heterocycles. The zero-order valence-corrected chi connectivity index (χ0v) is 14.7. The Morgan fingerprint density at radius 3 is 2.59 bits per heavy atom. The highest BCUT2D eigenvalue weighted by atomic mass is 16.6. The van der Waals surface area contributed by atoms with E-state index in [1.165, 1.54) is 24.3 Å². The molecule has 1 amide bonds. The molecule has 0 unspecified atom stereocenters. The molecule has 0 fully saturated rings. The number of non-ortho nitro benzene ring substituents is 1. The lowest BCUT2D eigenvalue weighted by Crippen LogP contribution is -2.07. The normalized spacial score (nSPS) is 10.9. The van der Waals surface area contributed by atoms with Gasteiger partial charge in [-0.05, 0) is 37.6 Å². The summed E-state index contributed by atoms with van der Waals surface area (Å²) in [6.07, 6.45) is 2.70. The highest BCUT2D eigenvalue weighted by Crippen LogP contribution is 2.22. The number of rotatable bonds is 5. The van der Waals surface area contributed by atoms with Crippen LogP contribution in [0.3, 0.4) is 0 Å². The monoisotopic (exact) mass is 364 g/mol. The summed E-state index contributed by atoms with van der Waals surface area (Å²) in [7, 11) is 0. The van der Waals surface area contributed by atoms with Gasteiger partial charge in [0.2, 0.25) is 5.89 Å². The fourth-order valence-electron chi connectivity index (χ4n) is 2.55. The average molecular weight is 364 g/mol. The fraction of sp³-hybridized carbons (Fsp3) is 0.105. The minimum absolute atomic E-state index is 0.0298. The summed E-state index contributed by atoms with van der Waals surface area (Å²) in [6.45, 7) is 3.93. The minimum Gasteiger partial charge on any atom is -0.403 e. The van der Waals surface area contributed by atoms with Gasteiger partial charge in [0.1, 0.15) is 0 Å². The standard InChI is InChI=1S/C19H16N4O4/c1-12-8-13(2)10-15(9-12)18-21-22-19(27-18)20-17(24)7-6-14-4-3-5-16(11-14)23(25)26/h3-11H,1-2H3,(H,20,22,24). The van der Waals surface area contributed by atoms with Gasteiger partial charge in [0, 0.05) is 23.8 Å². The van der Waals surface area contributed by atoms with Crippen molar-refractivity contribution < 1.29 is 14.1 Å². The molecule has 0 spiro atoms. The number of nitrogens with zero attached hydrogens (tertiary/aromatic N) is 3. The van der Waals surface area contributed by atoms with Crippen molar-refractivity contribution in [3.05, 3.63) is 75.3 Å². The quantitative estimate of drug-likeness (QED) is 0.417. The molecule has 3 aromatic rings. The summed E-state index contributed by atoms with van der Waals surface area (Å²) in [5.41, 5.74) is 3.38. The molecule has 0 aliphatic rings. The predicted molar refractivity (Wildman–Crippen MR) is 100.0 cm³/mol. The molecule has 0 atom stereocenters. The number of nitro benzene ring substituents is 1. The molecule has 8 nitrogen and oxygen atoms in total. The predicted octanol–water partition coefficient (Wildman–Crippen LogP) is 3.91. The maximum absolute atomic E-state index is 12.0. The van der Waals surface area contributed by atoms with Crippen LogP contribution in [0, 0.1) is 24.0 Å². The number of aryl methyl sites for hydroxylation is 2. The van der Waals surface area contributed by atoms with Crippen molar-refractivity contribution in [1.29, 1.82) is 0 Å². The lowest BCUT2D eigenvalue weighted by molar-refractivity contribution is -0.384. The van der Waals surface area contributed by atoms with Crippen LogP contribution < -0.4 is 5.32 Å². The summed E-state index contributed by atoms with van der Waals surface area (Å²) >= 11 is 0. The van der Waals surface area contributed by atoms with Crippen LogP contribution in [0.1, 0.15) is 16.7 Å². The maximum atomic E-state index is 12.0. The first-order valence-electron chi connectivity index (χ1n) is 8.06. The minimum atomic E-state index is -0.496. The van der Waals surface area contributed by atoms with Gasteiger partial charge in [-0.1, -0.05) is 34.4 Å². The third-order valence-corrected chi connectivity index (χ3v) is 3.63. The van der Waals surface area contributed by atoms with E-state index in [-0.39, 0.29) is 11.7 Å². The zero-order valence-electron chi connectivity index (χ0n) is 14.7. The number of nitrogens with one attached hydrogen (secondary N) is 1. The first-order chi connectivity index (χ1) is 12.9. The number of hydrogen-bond donors (Lipinski definition) is 1. The van der Waals surface area contributed by atoms with Crippen molar-refractivity contribution >= 4 is 23.7 Å². The molecule has 2 aromatic carbocycles. The van der Waals surface area contributed by atoms with E-state index >= 15 is 0 Å². The van der Waals surface area contributed by atoms with Gasteiger partial charge in [0.05, 0.1) is 4.92 Å². The third kappa shape index (κ3) is 4.63. The Labute approximate surface area is 154 Å². The van der Waals surface area contributed by atoms with E-state index in [9.17, 15) is 14.9 Å². The van der Waals surface area contributed by atoms with Crippen molar-refractivity contribution in [2.45, 2.75) is 13.8 Å². The van der Waals surface area contributed by atoms with E-state index in [4.69, 9.17) is 4.42 Å². The molecule has 0 radical (unpaired) electrons. The molecule has 0 bridgehead atoms. The van der Waals surface area contributed by atoms with Crippen LogP contribution in [0.4, 0.5) is 11.7 Å². The Hall–Kier alpha value is -3.81. The Balaban J connectivity index is 1.69. The summed E-state index contributed by atoms with van der Waals surface area (Å²) in [5.74, 6) is -0.183. The van der Waals surface area contributed by atoms with E-state index in [0.29, 0.717) is 11.5 Å². The smallest absolute Gasteiger partial charge is 0.322 e. The Morgan fingerprint density at radius 2 is 1.89 bits per heavy atom. The van der Waals surface area contributed by atoms with Gasteiger partial charge < -0.3 is 4.42 Å². The number of nitro groups is 1. The molecule has 0 saturated heterocycles. The van der Waals surface area contributed by atoms with Crippen LogP contribution in [0.5, 0.6) is 0 Å². The van der Waals surface area contributed by atoms with Gasteiger partial charge in [0.15, 0.2) is 0 Å². The second kappa shape index (κ2) is 7.61. The molecule has 3 rings (SSSR count). The topological polar surface area (TPSA) is 111 Å². The van der Waals surface area contributed by atoms with E-state index in [1.807, 2.05) is 32.0 Å². The van der Waals surface area contributed by atoms with E-state index in [2.05, 4.69) is 15.5 Å². The van der Waals surface area contributed by atoms with Crippen LogP contribution in [0.2, 0.25) is 0 Å². The maximum Gasteiger partial charge on any atom is 0.322 e. The summed E-state index contributed by atoms with van der Waals surface area (Å²) in [4.78, 5) is 22.3. The second-order valence-corrected chi connectivity index (χ2v) is 5.96. The number of carbonyl (C=O) groups is 1. The Kier molecular flexibility index (Phi) is 5.07. The van der Waals surface area contributed by atoms with Gasteiger partial charge in [-0.2, -0.15) is 0 Å². The van der Waals surface area contributed by atoms with Crippen molar-refractivity contribution in [3.8, 4) is 11.5 Å². The van der Waals surface area contributed by atoms with Crippen molar-refractivity contribution in [2.75, 3.05) is 5.32 Å². The van der Waals surface area contributed by atoms with Gasteiger partial charge >= 0.3 is 6.01 Å². The van der Waals surface area contributed by atoms with Crippen molar-refractivity contribution in [2.24, 2.45) is 0 Å². The summed E-state index contributed by atoms with van der Waals surface area (Å²) < 4.78 is 5.48. The number of aromatic nitrogens is 2. The second-order valence-electron chi connectivity index (χ2n) is 5.96. The highest BCUT2D eigenvalue weighted by Gasteiger charge is 2.11. The molecule has 27 heavy (non-hydrogen) atoms. The molecular weight excluding hydrogens is 348 g/mol. The SMILES string of the molecule is Cc1cc(C)cc(-c2nnc(NC(=O)C=Cc3cccc([N+](=O)[O-])c3)o2)c1. The van der Waals surface area contributed by atoms with Crippen LogP contribution in [-0.2, 0) is 4.79 Å². The Morgan fingerprint density at radius 1 is 1.15 bits per heavy atom. The first kappa shape index (κ1) is 18.0. The molecule has 0 saturated carbocycles. The van der Waals surface area contributed by atoms with Crippen LogP contribution in [0.25, 0.3) is 17.5 Å². The number of carbonyl (C=O) groups excluding carboxylic acids is 1. The number of hydrogen-bond acceptors (Lipinski definition) is 6. The lowest BCUT2D eigenvalue weighted by atomic mass is 10.1. The molecule has 1 aromatic heterocycles. The van der Waals surface area contributed by atoms with E-state index in [0.717, 1.165) is 16.7 Å². The van der Waals surface area contributed by atoms with Gasteiger partial charge in [-0.25, -0.2) is 0 Å². The van der Waals surface area contributed by atoms with Crippen LogP contribution in [0.15, 0.2) is 53.0 Å². The fourth-order valence-corrected chi connectivity index (χ4v) is 2.55. The lowest BCUT2D eigenvalue weighted by Gasteiger charge is -2.00. The molecule has 8 heteroatoms. The number of benzene rings is 2. The van der Waals surface area contributed by atoms with Gasteiger partial charge in [0.25, 0.3) is 11.6 Å². The molecule has 136 valence electrons. The summed E-state index contributed by atoms with van der Waals surface area (Å²) in [6, 6.07) is 11.8. The molecule has 0 aliphatic carbocycles. The van der Waals surface area contributed by atoms with Crippen LogP contribution >= 0.6 is 0 Å². The Bertz CT molecular complexity index is 1020. The van der Waals surface area contributed by atoms with Gasteiger partial charge in [-0.15, -0.1) is 5.10 Å². The van der Waals surface area contributed by atoms with Crippen molar-refractivity contribution in [1.82, 2.24) is 10.2 Å². The molecule has 1 N–H and O–H groups in total. The number of amides is 1. The molecule has 0 aliphatic heterocycles.